The third-order valence-corrected chi connectivity index (χ3v) is 32.4. The molecule has 5 heterocycles. The molecule has 0 saturated heterocycles. The minimum Gasteiger partial charge on any atom is -0.400 e. The molecule has 18 rings (SSSR count). The summed E-state index contributed by atoms with van der Waals surface area (Å²) in [5, 5.41) is 36.4. The summed E-state index contributed by atoms with van der Waals surface area (Å²) in [6, 6.07) is 122. The van der Waals surface area contributed by atoms with Crippen LogP contribution in [0.3, 0.4) is 0 Å². The molecule has 21 heteroatoms. The van der Waals surface area contributed by atoms with Crippen LogP contribution >= 0.6 is 0 Å². The molecule has 2 radical (unpaired) electrons. The number of rotatable bonds is 12. The molecule has 0 unspecified atom stereocenters. The largest absolute Gasteiger partial charge is 0.522 e. The molecule has 0 fully saturated rings. The van der Waals surface area contributed by atoms with Gasteiger partial charge in [0.1, 0.15) is 0 Å². The van der Waals surface area contributed by atoms with Crippen LogP contribution in [0.15, 0.2) is 340 Å². The number of pyridine rings is 5. The Morgan fingerprint density at radius 3 is 0.847 bits per heavy atom. The Kier molecular flexibility index (Phi) is 37.5. The number of benzene rings is 13. The molecule has 10 nitrogen and oxygen atoms in total. The third-order valence-electron chi connectivity index (χ3n) is 21.7. The van der Waals surface area contributed by atoms with Crippen LogP contribution in [0.4, 0.5) is 13.2 Å². The van der Waals surface area contributed by atoms with Crippen LogP contribution < -0.4 is 25.9 Å². The standard InChI is InChI=1S/C32H27NSi.C32H26NSi.3C14H16NSi.CHF3O3S.2CH4O.CH4.2Ir.H2/c2*1-34(2,3)32-21-33-31(20-29(32)22-11-5-4-6-12-22)23-17-18-28-26-15-8-7-13-24(26)25-14-9-10-16-27(25)30(28)19-23;3*1-16(2,3)13-9-10-14(15-11-13)12-7-5-4-6-8-12;2-1(3,4)8(5,6)7;2*1-2;;;;/h4-21H,1-3H3;4-16,18-21H,1-3H3;3*4-7,9-11H,1-3H3;(H,5,6,7);2*2H,1H3;1H4;;;1H/q;4*-1;;;;;;;. The molecule has 0 bridgehead atoms. The van der Waals surface area contributed by atoms with E-state index in [-0.39, 0.29) is 49.1 Å². The minimum atomic E-state index is -5.84. The third kappa shape index (κ3) is 27.0. The average molecular weight is 2200 g/mol. The molecular formula is C110H116F3Ir2N5O5SSi5-4. The molecule has 680 valence electrons. The van der Waals surface area contributed by atoms with E-state index in [0.717, 1.165) is 70.5 Å². The van der Waals surface area contributed by atoms with Crippen molar-refractivity contribution in [1.29, 1.82) is 0 Å². The van der Waals surface area contributed by atoms with Gasteiger partial charge in [-0.05, 0) is 132 Å². The maximum absolute atomic E-state index is 10.7. The molecule has 0 aliphatic rings. The quantitative estimate of drug-likeness (QED) is 0.0353. The summed E-state index contributed by atoms with van der Waals surface area (Å²) in [4.78, 5) is 23.5. The van der Waals surface area contributed by atoms with Gasteiger partial charge in [0.05, 0.1) is 46.1 Å². The van der Waals surface area contributed by atoms with E-state index in [9.17, 15) is 13.2 Å². The zero-order valence-electron chi connectivity index (χ0n) is 76.4. The second kappa shape index (κ2) is 46.5. The zero-order valence-corrected chi connectivity index (χ0v) is 87.0. The molecule has 0 aliphatic carbocycles. The molecule has 0 aliphatic heterocycles. The van der Waals surface area contributed by atoms with Crippen molar-refractivity contribution in [2.45, 2.75) is 111 Å². The summed E-state index contributed by atoms with van der Waals surface area (Å²) in [6.45, 7) is 35.3. The van der Waals surface area contributed by atoms with Crippen molar-refractivity contribution >= 4 is 141 Å². The second-order valence-electron chi connectivity index (χ2n) is 35.9. The van der Waals surface area contributed by atoms with Crippen molar-refractivity contribution in [3.8, 4) is 78.5 Å². The minimum absolute atomic E-state index is 0. The van der Waals surface area contributed by atoms with Gasteiger partial charge in [-0.15, -0.1) is 131 Å². The molecule has 3 N–H and O–H groups in total. The van der Waals surface area contributed by atoms with Crippen LogP contribution in [0.25, 0.3) is 143 Å². The molecule has 131 heavy (non-hydrogen) atoms. The number of hydrogen-bond donors (Lipinski definition) is 3. The Bertz CT molecular complexity index is 6340. The van der Waals surface area contributed by atoms with E-state index in [1.165, 1.54) is 113 Å². The Labute approximate surface area is 805 Å². The topological polar surface area (TPSA) is 159 Å². The fourth-order valence-corrected chi connectivity index (χ4v) is 20.9. The van der Waals surface area contributed by atoms with E-state index in [1.54, 1.807) is 0 Å². The average Bonchev–Trinajstić information content (AvgIpc) is 0.741. The van der Waals surface area contributed by atoms with E-state index >= 15 is 0 Å². The number of hydrogen-bond acceptors (Lipinski definition) is 9. The Hall–Kier alpha value is -10.8. The van der Waals surface area contributed by atoms with E-state index in [4.69, 9.17) is 33.2 Å². The number of halogens is 3. The SMILES string of the molecule is C.CO.CO.C[Si](C)(C)c1ccc(-c2[c-]cccc2)nc1.C[Si](C)(C)c1ccc(-c2[c-]cccc2)nc1.C[Si](C)(C)c1ccc(-c2[c-]cccc2)nc1.C[Si](C)(C)c1cnc(-c2[c-]cc3c4ccccc4c4ccccc4c3c2)cc1-c1ccccc1.C[Si](C)(C)c1cnc(-c2ccc3c4ccccc4c4ccccc4c3c2)cc1-c1ccccc1.O=S(=O)(O)C(F)(F)F.[HH].[Ir].[Ir]. The number of fused-ring (bicyclic) bond motifs is 12. The zero-order chi connectivity index (χ0) is 92.4. The molecule has 0 saturated carbocycles. The molecule has 0 atom stereocenters. The molecule has 0 spiro atoms. The molecule has 0 amide bonds. The number of aliphatic hydroxyl groups is 2. The van der Waals surface area contributed by atoms with Gasteiger partial charge in [0.15, 0.2) is 0 Å². The van der Waals surface area contributed by atoms with E-state index in [1.807, 2.05) is 91.4 Å². The van der Waals surface area contributed by atoms with Crippen LogP contribution in [0.5, 0.6) is 0 Å². The monoisotopic (exact) mass is 2200 g/mol. The van der Waals surface area contributed by atoms with Gasteiger partial charge in [0.2, 0.25) is 0 Å². The van der Waals surface area contributed by atoms with Crippen molar-refractivity contribution in [2.24, 2.45) is 0 Å². The van der Waals surface area contributed by atoms with Gasteiger partial charge in [-0.2, -0.15) is 21.6 Å². The normalized spacial score (nSPS) is 11.4. The van der Waals surface area contributed by atoms with Gasteiger partial charge in [0, 0.05) is 92.4 Å². The van der Waals surface area contributed by atoms with Crippen LogP contribution in [0.1, 0.15) is 8.85 Å². The fourth-order valence-electron chi connectivity index (χ4n) is 14.8. The smallest absolute Gasteiger partial charge is 0.400 e. The Morgan fingerprint density at radius 1 is 0.282 bits per heavy atom. The summed E-state index contributed by atoms with van der Waals surface area (Å²) in [7, 11) is -10.7. The van der Waals surface area contributed by atoms with Gasteiger partial charge >= 0.3 is 15.6 Å². The van der Waals surface area contributed by atoms with Crippen molar-refractivity contribution in [3.05, 3.63) is 365 Å². The molecular weight excluding hydrogens is 2090 g/mol. The first-order chi connectivity index (χ1) is 61.0. The fraction of sp³-hybridized carbons (Fsp3) is 0.173. The van der Waals surface area contributed by atoms with Crippen molar-refractivity contribution < 1.29 is 78.0 Å². The summed E-state index contributed by atoms with van der Waals surface area (Å²) in [5.41, 5.74) is 9.97. The summed E-state index contributed by atoms with van der Waals surface area (Å²) >= 11 is 0. The summed E-state index contributed by atoms with van der Waals surface area (Å²) in [5.74, 6) is 0. The van der Waals surface area contributed by atoms with Crippen LogP contribution in [0, 0.1) is 24.3 Å². The summed E-state index contributed by atoms with van der Waals surface area (Å²) in [6.07, 6.45) is 10.3. The van der Waals surface area contributed by atoms with Crippen LogP contribution in [-0.4, -0.2) is 108 Å². The molecule has 13 aromatic carbocycles. The number of alkyl halides is 3. The molecule has 18 aromatic rings. The van der Waals surface area contributed by atoms with E-state index in [0.29, 0.717) is 0 Å². The maximum Gasteiger partial charge on any atom is 0.522 e. The Balaban J connectivity index is 0.000000226. The number of aromatic nitrogens is 5. The van der Waals surface area contributed by atoms with Crippen LogP contribution in [-0.2, 0) is 50.3 Å². The maximum atomic E-state index is 10.7. The first-order valence-electron chi connectivity index (χ1n) is 42.4. The van der Waals surface area contributed by atoms with Crippen molar-refractivity contribution in [1.82, 2.24) is 24.9 Å². The van der Waals surface area contributed by atoms with Gasteiger partial charge in [-0.3, -0.25) is 9.54 Å². The first kappa shape index (κ1) is 106. The van der Waals surface area contributed by atoms with E-state index in [2.05, 4.69) is 386 Å². The predicted octanol–water partition coefficient (Wildman–Crippen LogP) is 26.4. The molecule has 5 aromatic heterocycles. The van der Waals surface area contributed by atoms with Crippen LogP contribution in [0.2, 0.25) is 98.2 Å². The number of aliphatic hydroxyl groups excluding tert-OH is 2. The van der Waals surface area contributed by atoms with Gasteiger partial charge in [-0.25, -0.2) is 0 Å². The van der Waals surface area contributed by atoms with Gasteiger partial charge in [0.25, 0.3) is 0 Å². The van der Waals surface area contributed by atoms with Crippen molar-refractivity contribution in [3.63, 3.8) is 0 Å². The van der Waals surface area contributed by atoms with E-state index < -0.39 is 56.0 Å². The van der Waals surface area contributed by atoms with Gasteiger partial charge in [-0.1, -0.05) is 334 Å². The Morgan fingerprint density at radius 2 is 0.557 bits per heavy atom. The van der Waals surface area contributed by atoms with Crippen molar-refractivity contribution in [2.75, 3.05) is 14.2 Å². The van der Waals surface area contributed by atoms with Gasteiger partial charge < -0.3 is 30.1 Å². The second-order valence-corrected chi connectivity index (χ2v) is 62.6. The summed E-state index contributed by atoms with van der Waals surface area (Å²) < 4.78 is 57.5. The number of nitrogens with zero attached hydrogens (tertiary/aromatic N) is 5. The predicted molar refractivity (Wildman–Crippen MR) is 557 cm³/mol. The first-order valence-corrected chi connectivity index (χ1v) is 61.4.